The van der Waals surface area contributed by atoms with E-state index in [4.69, 9.17) is 10.5 Å². The largest absolute Gasteiger partial charge is 0.461 e. The molecule has 6 nitrogen and oxygen atoms in total. The zero-order valence-corrected chi connectivity index (χ0v) is 13.1. The van der Waals surface area contributed by atoms with E-state index in [0.29, 0.717) is 17.2 Å². The van der Waals surface area contributed by atoms with E-state index in [1.54, 1.807) is 0 Å². The predicted molar refractivity (Wildman–Crippen MR) is 83.2 cm³/mol. The first kappa shape index (κ1) is 15.2. The Bertz CT molecular complexity index is 443. The highest BCUT2D eigenvalue weighted by Crippen LogP contribution is 2.31. The van der Waals surface area contributed by atoms with Crippen molar-refractivity contribution in [3.8, 4) is 6.01 Å². The van der Waals surface area contributed by atoms with Crippen LogP contribution in [-0.2, 0) is 0 Å². The van der Waals surface area contributed by atoms with Gasteiger partial charge in [-0.1, -0.05) is 13.3 Å². The molecule has 1 aromatic heterocycles. The van der Waals surface area contributed by atoms with Crippen molar-refractivity contribution in [2.75, 3.05) is 16.8 Å². The molecule has 1 saturated carbocycles. The van der Waals surface area contributed by atoms with Crippen LogP contribution >= 0.6 is 11.8 Å². The van der Waals surface area contributed by atoms with Crippen molar-refractivity contribution in [2.24, 2.45) is 0 Å². The van der Waals surface area contributed by atoms with Crippen molar-refractivity contribution in [1.29, 1.82) is 0 Å². The highest BCUT2D eigenvalue weighted by molar-refractivity contribution is 7.99. The van der Waals surface area contributed by atoms with Crippen molar-refractivity contribution in [3.63, 3.8) is 0 Å². The summed E-state index contributed by atoms with van der Waals surface area (Å²) in [6, 6.07) is 0.682. The number of rotatable bonds is 6. The number of nitrogens with one attached hydrogen (secondary N) is 1. The van der Waals surface area contributed by atoms with Gasteiger partial charge in [-0.3, -0.25) is 0 Å². The fourth-order valence-corrected chi connectivity index (χ4v) is 3.57. The van der Waals surface area contributed by atoms with Crippen LogP contribution < -0.4 is 15.8 Å². The van der Waals surface area contributed by atoms with Gasteiger partial charge in [0.2, 0.25) is 11.9 Å². The molecule has 20 heavy (non-hydrogen) atoms. The van der Waals surface area contributed by atoms with Gasteiger partial charge in [0, 0.05) is 11.3 Å². The summed E-state index contributed by atoms with van der Waals surface area (Å²) >= 11 is 1.99. The van der Waals surface area contributed by atoms with Crippen molar-refractivity contribution in [1.82, 2.24) is 15.0 Å². The Balaban J connectivity index is 2.06. The third-order valence-electron chi connectivity index (χ3n) is 3.12. The minimum absolute atomic E-state index is 0.0134. The van der Waals surface area contributed by atoms with Gasteiger partial charge in [-0.15, -0.1) is 0 Å². The van der Waals surface area contributed by atoms with Crippen molar-refractivity contribution < 1.29 is 4.74 Å². The zero-order chi connectivity index (χ0) is 14.5. The van der Waals surface area contributed by atoms with E-state index in [9.17, 15) is 0 Å². The second-order valence-corrected chi connectivity index (χ2v) is 6.66. The van der Waals surface area contributed by atoms with Crippen molar-refractivity contribution in [3.05, 3.63) is 0 Å². The molecule has 2 unspecified atom stereocenters. The van der Waals surface area contributed by atoms with E-state index in [1.807, 2.05) is 25.6 Å². The molecular formula is C13H23N5OS. The third kappa shape index (κ3) is 4.13. The van der Waals surface area contributed by atoms with Crippen LogP contribution in [-0.4, -0.2) is 38.1 Å². The second kappa shape index (κ2) is 6.97. The number of thioether (sulfide) groups is 1. The van der Waals surface area contributed by atoms with Gasteiger partial charge in [-0.05, 0) is 32.4 Å². The molecule has 2 rings (SSSR count). The first-order valence-electron chi connectivity index (χ1n) is 7.14. The van der Waals surface area contributed by atoms with Crippen LogP contribution in [0.2, 0.25) is 0 Å². The molecule has 2 atom stereocenters. The summed E-state index contributed by atoms with van der Waals surface area (Å²) < 4.78 is 5.49. The second-order valence-electron chi connectivity index (χ2n) is 5.14. The quantitative estimate of drug-likeness (QED) is 0.833. The smallest absolute Gasteiger partial charge is 0.323 e. The van der Waals surface area contributed by atoms with E-state index in [2.05, 4.69) is 27.2 Å². The molecule has 0 bridgehead atoms. The Labute approximate surface area is 124 Å². The van der Waals surface area contributed by atoms with Crippen LogP contribution in [0.4, 0.5) is 11.9 Å². The molecule has 1 aliphatic carbocycles. The van der Waals surface area contributed by atoms with Crippen LogP contribution in [0.25, 0.3) is 0 Å². The lowest BCUT2D eigenvalue weighted by Gasteiger charge is -2.20. The summed E-state index contributed by atoms with van der Waals surface area (Å²) in [5.74, 6) is 1.83. The van der Waals surface area contributed by atoms with Crippen molar-refractivity contribution >= 4 is 23.7 Å². The van der Waals surface area contributed by atoms with E-state index < -0.39 is 0 Å². The van der Waals surface area contributed by atoms with Crippen molar-refractivity contribution in [2.45, 2.75) is 57.4 Å². The van der Waals surface area contributed by atoms with Crippen LogP contribution in [0.15, 0.2) is 0 Å². The Morgan fingerprint density at radius 1 is 1.35 bits per heavy atom. The average Bonchev–Trinajstić information content (AvgIpc) is 2.75. The molecule has 3 N–H and O–H groups in total. The van der Waals surface area contributed by atoms with Gasteiger partial charge in [0.1, 0.15) is 0 Å². The highest BCUT2D eigenvalue weighted by Gasteiger charge is 2.27. The average molecular weight is 297 g/mol. The van der Waals surface area contributed by atoms with Gasteiger partial charge in [0.05, 0.1) is 6.10 Å². The lowest BCUT2D eigenvalue weighted by atomic mass is 10.2. The molecule has 0 aromatic carbocycles. The monoisotopic (exact) mass is 297 g/mol. The number of ether oxygens (including phenoxy) is 1. The molecule has 112 valence electrons. The van der Waals surface area contributed by atoms with E-state index in [0.717, 1.165) is 12.2 Å². The summed E-state index contributed by atoms with van der Waals surface area (Å²) in [5.41, 5.74) is 5.72. The SMILES string of the molecule is CCSC1CCCC1Nc1nc(N)nc(OC(C)C)n1. The van der Waals surface area contributed by atoms with E-state index in [-0.39, 0.29) is 18.1 Å². The maximum Gasteiger partial charge on any atom is 0.323 e. The maximum absolute atomic E-state index is 5.72. The molecule has 1 heterocycles. The molecule has 1 fully saturated rings. The lowest BCUT2D eigenvalue weighted by molar-refractivity contribution is 0.222. The number of nitrogen functional groups attached to an aromatic ring is 1. The van der Waals surface area contributed by atoms with Crippen LogP contribution in [0.1, 0.15) is 40.0 Å². The van der Waals surface area contributed by atoms with Crippen LogP contribution in [0.5, 0.6) is 6.01 Å². The Kier molecular flexibility index (Phi) is 5.28. The zero-order valence-electron chi connectivity index (χ0n) is 12.3. The number of aromatic nitrogens is 3. The number of nitrogens with two attached hydrogens (primary N) is 1. The van der Waals surface area contributed by atoms with Crippen LogP contribution in [0, 0.1) is 0 Å². The predicted octanol–water partition coefficient (Wildman–Crippen LogP) is 2.33. The summed E-state index contributed by atoms with van der Waals surface area (Å²) in [6.07, 6.45) is 3.64. The fourth-order valence-electron chi connectivity index (χ4n) is 2.37. The van der Waals surface area contributed by atoms with Gasteiger partial charge < -0.3 is 15.8 Å². The minimum Gasteiger partial charge on any atom is -0.461 e. The molecule has 1 aliphatic rings. The highest BCUT2D eigenvalue weighted by atomic mass is 32.2. The molecule has 0 saturated heterocycles. The molecule has 0 aliphatic heterocycles. The van der Waals surface area contributed by atoms with Gasteiger partial charge in [0.15, 0.2) is 0 Å². The number of anilines is 2. The number of hydrogen-bond donors (Lipinski definition) is 2. The molecule has 0 spiro atoms. The van der Waals surface area contributed by atoms with Crippen LogP contribution in [0.3, 0.4) is 0 Å². The normalized spacial score (nSPS) is 22.2. The minimum atomic E-state index is 0.0134. The molecule has 7 heteroatoms. The topological polar surface area (TPSA) is 86.0 Å². The third-order valence-corrected chi connectivity index (χ3v) is 4.45. The number of nitrogens with zero attached hydrogens (tertiary/aromatic N) is 3. The summed E-state index contributed by atoms with van der Waals surface area (Å²) in [6.45, 7) is 6.05. The van der Waals surface area contributed by atoms with Gasteiger partial charge in [-0.25, -0.2) is 0 Å². The number of hydrogen-bond acceptors (Lipinski definition) is 7. The standard InChI is InChI=1S/C13H23N5OS/c1-4-20-10-7-5-6-9(10)15-12-16-11(14)17-13(18-12)19-8(2)3/h8-10H,4-7H2,1-3H3,(H3,14,15,16,17,18). The fraction of sp³-hybridized carbons (Fsp3) is 0.769. The summed E-state index contributed by atoms with van der Waals surface area (Å²) in [5, 5.41) is 4.01. The Morgan fingerprint density at radius 3 is 2.85 bits per heavy atom. The van der Waals surface area contributed by atoms with E-state index >= 15 is 0 Å². The molecular weight excluding hydrogens is 274 g/mol. The van der Waals surface area contributed by atoms with Gasteiger partial charge in [0.25, 0.3) is 0 Å². The van der Waals surface area contributed by atoms with Gasteiger partial charge in [-0.2, -0.15) is 26.7 Å². The lowest BCUT2D eigenvalue weighted by Crippen LogP contribution is -2.27. The summed E-state index contributed by atoms with van der Waals surface area (Å²) in [4.78, 5) is 12.4. The first-order valence-corrected chi connectivity index (χ1v) is 8.19. The maximum atomic E-state index is 5.72. The molecule has 0 radical (unpaired) electrons. The van der Waals surface area contributed by atoms with E-state index in [1.165, 1.54) is 12.8 Å². The molecule has 0 amide bonds. The Hall–Kier alpha value is -1.24. The van der Waals surface area contributed by atoms with Gasteiger partial charge >= 0.3 is 6.01 Å². The summed E-state index contributed by atoms with van der Waals surface area (Å²) in [7, 11) is 0. The first-order chi connectivity index (χ1) is 9.58. The Morgan fingerprint density at radius 2 is 2.15 bits per heavy atom. The molecule has 1 aromatic rings.